The van der Waals surface area contributed by atoms with E-state index < -0.39 is 0 Å². The lowest BCUT2D eigenvalue weighted by molar-refractivity contribution is 0.302. The van der Waals surface area contributed by atoms with E-state index in [9.17, 15) is 0 Å². The average molecular weight is 299 g/mol. The number of benzene rings is 1. The number of halogens is 1. The summed E-state index contributed by atoms with van der Waals surface area (Å²) in [4.78, 5) is 0. The Labute approximate surface area is 114 Å². The minimum absolute atomic E-state index is 0.521. The molecular weight excluding hydrogens is 276 g/mol. The number of alkyl halides is 1. The van der Waals surface area contributed by atoms with Gasteiger partial charge in [0.2, 0.25) is 0 Å². The van der Waals surface area contributed by atoms with E-state index in [1.54, 1.807) is 0 Å². The molecule has 0 unspecified atom stereocenters. The highest BCUT2D eigenvalue weighted by Gasteiger charge is 2.07. The second-order valence-corrected chi connectivity index (χ2v) is 5.59. The first-order valence-electron chi connectivity index (χ1n) is 6.44. The van der Waals surface area contributed by atoms with E-state index in [-0.39, 0.29) is 0 Å². The summed E-state index contributed by atoms with van der Waals surface area (Å²) < 4.78 is 5.91. The van der Waals surface area contributed by atoms with E-state index in [2.05, 4.69) is 54.9 Å². The molecule has 1 aromatic rings. The van der Waals surface area contributed by atoms with Gasteiger partial charge in [0.25, 0.3) is 0 Å². The highest BCUT2D eigenvalue weighted by molar-refractivity contribution is 9.09. The third kappa shape index (κ3) is 5.12. The van der Waals surface area contributed by atoms with Gasteiger partial charge in [-0.1, -0.05) is 41.9 Å². The van der Waals surface area contributed by atoms with Gasteiger partial charge in [-0.25, -0.2) is 0 Å². The second kappa shape index (κ2) is 7.75. The Kier molecular flexibility index (Phi) is 6.64. The van der Waals surface area contributed by atoms with E-state index in [1.807, 2.05) is 0 Å². The maximum Gasteiger partial charge on any atom is 0.122 e. The summed E-state index contributed by atoms with van der Waals surface area (Å²) in [6.45, 7) is 7.36. The minimum atomic E-state index is 0.521. The zero-order valence-electron chi connectivity index (χ0n) is 11.1. The second-order valence-electron chi connectivity index (χ2n) is 4.79. The first-order chi connectivity index (χ1) is 8.15. The molecule has 0 aromatic heterocycles. The molecule has 0 aliphatic rings. The van der Waals surface area contributed by atoms with Crippen molar-refractivity contribution in [2.24, 2.45) is 0 Å². The van der Waals surface area contributed by atoms with Crippen LogP contribution in [0.2, 0.25) is 0 Å². The molecule has 1 nitrogen and oxygen atoms in total. The number of hydrogen-bond donors (Lipinski definition) is 0. The van der Waals surface area contributed by atoms with Crippen LogP contribution in [0.15, 0.2) is 18.2 Å². The summed E-state index contributed by atoms with van der Waals surface area (Å²) in [5, 5.41) is 1.09. The molecule has 0 bridgehead atoms. The van der Waals surface area contributed by atoms with Gasteiger partial charge in [0, 0.05) is 5.33 Å². The minimum Gasteiger partial charge on any atom is -0.493 e. The van der Waals surface area contributed by atoms with Crippen molar-refractivity contribution in [1.82, 2.24) is 0 Å². The molecule has 0 radical (unpaired) electrons. The zero-order chi connectivity index (χ0) is 12.7. The van der Waals surface area contributed by atoms with Gasteiger partial charge >= 0.3 is 0 Å². The number of rotatable bonds is 7. The Balaban J connectivity index is 2.53. The Hall–Kier alpha value is -0.500. The number of unbranched alkanes of at least 4 members (excludes halogenated alkanes) is 2. The van der Waals surface area contributed by atoms with E-state index in [0.717, 1.165) is 24.1 Å². The van der Waals surface area contributed by atoms with Crippen molar-refractivity contribution < 1.29 is 4.74 Å². The van der Waals surface area contributed by atoms with Crippen LogP contribution < -0.4 is 4.74 Å². The van der Waals surface area contributed by atoms with Crippen molar-refractivity contribution >= 4 is 15.9 Å². The predicted octanol–water partition coefficient (Wildman–Crippen LogP) is 5.06. The average Bonchev–Trinajstić information content (AvgIpc) is 2.28. The van der Waals surface area contributed by atoms with Gasteiger partial charge in [-0.2, -0.15) is 0 Å². The molecule has 0 saturated carbocycles. The quantitative estimate of drug-likeness (QED) is 0.505. The Bertz CT molecular complexity index is 334. The van der Waals surface area contributed by atoms with Crippen LogP contribution in [0, 0.1) is 6.92 Å². The lowest BCUT2D eigenvalue weighted by Crippen LogP contribution is -2.02. The molecule has 0 amide bonds. The summed E-state index contributed by atoms with van der Waals surface area (Å²) in [5.74, 6) is 1.59. The Morgan fingerprint density at radius 2 is 1.94 bits per heavy atom. The smallest absolute Gasteiger partial charge is 0.122 e. The SMILES string of the molecule is Cc1ccc(C(C)C)c(OCCCCCBr)c1. The third-order valence-electron chi connectivity index (χ3n) is 2.83. The predicted molar refractivity (Wildman–Crippen MR) is 78.4 cm³/mol. The van der Waals surface area contributed by atoms with Gasteiger partial charge in [-0.15, -0.1) is 0 Å². The van der Waals surface area contributed by atoms with Crippen molar-refractivity contribution in [2.75, 3.05) is 11.9 Å². The fourth-order valence-corrected chi connectivity index (χ4v) is 2.20. The molecule has 0 atom stereocenters. The molecule has 1 aromatic carbocycles. The highest BCUT2D eigenvalue weighted by Crippen LogP contribution is 2.27. The number of ether oxygens (including phenoxy) is 1. The van der Waals surface area contributed by atoms with Crippen molar-refractivity contribution in [3.05, 3.63) is 29.3 Å². The summed E-state index contributed by atoms with van der Waals surface area (Å²) in [5.41, 5.74) is 2.58. The third-order valence-corrected chi connectivity index (χ3v) is 3.39. The van der Waals surface area contributed by atoms with Gasteiger partial charge in [-0.3, -0.25) is 0 Å². The van der Waals surface area contributed by atoms with Crippen LogP contribution in [0.5, 0.6) is 5.75 Å². The maximum absolute atomic E-state index is 5.91. The van der Waals surface area contributed by atoms with Crippen LogP contribution in [0.25, 0.3) is 0 Å². The van der Waals surface area contributed by atoms with Crippen molar-refractivity contribution in [2.45, 2.75) is 46.0 Å². The molecule has 0 aliphatic carbocycles. The molecule has 0 N–H and O–H groups in total. The molecule has 17 heavy (non-hydrogen) atoms. The normalized spacial score (nSPS) is 10.9. The molecule has 1 rings (SSSR count). The Morgan fingerprint density at radius 1 is 1.18 bits per heavy atom. The first kappa shape index (κ1) is 14.6. The lowest BCUT2D eigenvalue weighted by Gasteiger charge is -2.14. The van der Waals surface area contributed by atoms with Crippen LogP contribution in [0.3, 0.4) is 0 Å². The van der Waals surface area contributed by atoms with E-state index in [1.165, 1.54) is 24.0 Å². The first-order valence-corrected chi connectivity index (χ1v) is 7.56. The number of aryl methyl sites for hydroxylation is 1. The van der Waals surface area contributed by atoms with E-state index in [0.29, 0.717) is 5.92 Å². The van der Waals surface area contributed by atoms with Crippen LogP contribution in [-0.4, -0.2) is 11.9 Å². The summed E-state index contributed by atoms with van der Waals surface area (Å²) in [6, 6.07) is 6.50. The molecule has 0 aliphatic heterocycles. The summed E-state index contributed by atoms with van der Waals surface area (Å²) in [7, 11) is 0. The molecule has 96 valence electrons. The van der Waals surface area contributed by atoms with Crippen LogP contribution in [0.1, 0.15) is 50.2 Å². The van der Waals surface area contributed by atoms with Crippen LogP contribution in [0.4, 0.5) is 0 Å². The molecule has 0 spiro atoms. The van der Waals surface area contributed by atoms with Gasteiger partial charge in [0.1, 0.15) is 5.75 Å². The van der Waals surface area contributed by atoms with E-state index in [4.69, 9.17) is 4.74 Å². The summed E-state index contributed by atoms with van der Waals surface area (Å²) in [6.07, 6.45) is 3.60. The highest BCUT2D eigenvalue weighted by atomic mass is 79.9. The Morgan fingerprint density at radius 3 is 2.59 bits per heavy atom. The zero-order valence-corrected chi connectivity index (χ0v) is 12.7. The van der Waals surface area contributed by atoms with Gasteiger partial charge in [0.05, 0.1) is 6.61 Å². The monoisotopic (exact) mass is 298 g/mol. The summed E-state index contributed by atoms with van der Waals surface area (Å²) >= 11 is 3.45. The maximum atomic E-state index is 5.91. The van der Waals surface area contributed by atoms with Gasteiger partial charge < -0.3 is 4.74 Å². The number of hydrogen-bond acceptors (Lipinski definition) is 1. The fourth-order valence-electron chi connectivity index (χ4n) is 1.80. The van der Waals surface area contributed by atoms with Crippen molar-refractivity contribution in [3.63, 3.8) is 0 Å². The molecule has 0 fully saturated rings. The van der Waals surface area contributed by atoms with Crippen LogP contribution >= 0.6 is 15.9 Å². The fraction of sp³-hybridized carbons (Fsp3) is 0.600. The molecule has 0 heterocycles. The van der Waals surface area contributed by atoms with Crippen LogP contribution in [-0.2, 0) is 0 Å². The standard InChI is InChI=1S/C15H23BrO/c1-12(2)14-8-7-13(3)11-15(14)17-10-6-4-5-9-16/h7-8,11-12H,4-6,9-10H2,1-3H3. The molecular formula is C15H23BrO. The largest absolute Gasteiger partial charge is 0.493 e. The molecule has 2 heteroatoms. The lowest BCUT2D eigenvalue weighted by atomic mass is 10.0. The van der Waals surface area contributed by atoms with Gasteiger partial charge in [-0.05, 0) is 49.3 Å². The van der Waals surface area contributed by atoms with Crippen molar-refractivity contribution in [1.29, 1.82) is 0 Å². The topological polar surface area (TPSA) is 9.23 Å². The van der Waals surface area contributed by atoms with Crippen molar-refractivity contribution in [3.8, 4) is 5.75 Å². The molecule has 0 saturated heterocycles. The van der Waals surface area contributed by atoms with E-state index >= 15 is 0 Å². The van der Waals surface area contributed by atoms with Gasteiger partial charge in [0.15, 0.2) is 0 Å².